The van der Waals surface area contributed by atoms with Gasteiger partial charge in [-0.3, -0.25) is 4.57 Å². The van der Waals surface area contributed by atoms with Crippen LogP contribution in [-0.2, 0) is 6.42 Å². The second kappa shape index (κ2) is 14.7. The van der Waals surface area contributed by atoms with Crippen molar-refractivity contribution < 1.29 is 20.6 Å². The van der Waals surface area contributed by atoms with Crippen molar-refractivity contribution in [3.05, 3.63) is 229 Å². The minimum Gasteiger partial charge on any atom is -0.321 e. The van der Waals surface area contributed by atoms with Crippen molar-refractivity contribution in [1.82, 2.24) is 9.55 Å². The average molecular weight is 772 g/mol. The number of aromatic nitrogens is 2. The van der Waals surface area contributed by atoms with Gasteiger partial charge in [0.25, 0.3) is 0 Å². The summed E-state index contributed by atoms with van der Waals surface area (Å²) in [5, 5.41) is 2.19. The minimum atomic E-state index is -0.679. The molecule has 59 heavy (non-hydrogen) atoms. The molecule has 8 aromatic carbocycles. The molecule has 1 aliphatic heterocycles. The third-order valence-corrected chi connectivity index (χ3v) is 10.7. The van der Waals surface area contributed by atoms with E-state index in [1.807, 2.05) is 71.6 Å². The van der Waals surface area contributed by atoms with Crippen LogP contribution in [0.2, 0.25) is 0 Å². The van der Waals surface area contributed by atoms with Crippen LogP contribution in [0.3, 0.4) is 0 Å². The van der Waals surface area contributed by atoms with Crippen molar-refractivity contribution in [1.29, 1.82) is 0 Å². The zero-order valence-electron chi connectivity index (χ0n) is 46.3. The van der Waals surface area contributed by atoms with Gasteiger partial charge in [-0.2, -0.15) is 0 Å². The zero-order valence-corrected chi connectivity index (χ0v) is 31.3. The number of nitrogens with zero attached hydrogens (tertiary/aromatic N) is 4. The normalized spacial score (nSPS) is 15.9. The molecule has 0 aliphatic carbocycles. The summed E-state index contributed by atoms with van der Waals surface area (Å²) in [5.41, 5.74) is 4.87. The fraction of sp³-hybridized carbons (Fsp3) is 0.0364. The maximum atomic E-state index is 9.29. The van der Waals surface area contributed by atoms with Crippen molar-refractivity contribution >= 4 is 44.6 Å². The van der Waals surface area contributed by atoms with E-state index in [0.717, 1.165) is 44.4 Å². The van der Waals surface area contributed by atoms with Gasteiger partial charge in [0.2, 0.25) is 0 Å². The number of fused-ring (bicyclic) bond motifs is 4. The second-order valence-corrected chi connectivity index (χ2v) is 14.1. The lowest BCUT2D eigenvalue weighted by Gasteiger charge is -2.28. The van der Waals surface area contributed by atoms with E-state index < -0.39 is 90.6 Å². The summed E-state index contributed by atoms with van der Waals surface area (Å²) in [5.74, 6) is 0.795. The molecular formula is C55H40N4. The summed E-state index contributed by atoms with van der Waals surface area (Å²) in [4.78, 5) is 8.49. The highest BCUT2D eigenvalue weighted by atomic mass is 15.4. The van der Waals surface area contributed by atoms with Crippen LogP contribution in [0, 0.1) is 0 Å². The molecule has 0 fully saturated rings. The Morgan fingerprint density at radius 3 is 1.78 bits per heavy atom. The Balaban J connectivity index is 1.12. The molecule has 0 N–H and O–H groups in total. The fourth-order valence-electron chi connectivity index (χ4n) is 8.17. The van der Waals surface area contributed by atoms with Crippen molar-refractivity contribution in [2.75, 3.05) is 16.5 Å². The second-order valence-electron chi connectivity index (χ2n) is 14.1. The number of para-hydroxylation sites is 3. The molecule has 0 radical (unpaired) electrons. The van der Waals surface area contributed by atoms with E-state index in [4.69, 9.17) is 15.1 Å². The van der Waals surface area contributed by atoms with Gasteiger partial charge in [0, 0.05) is 33.8 Å². The number of rotatable bonds is 8. The van der Waals surface area contributed by atoms with E-state index >= 15 is 0 Å². The highest BCUT2D eigenvalue weighted by Crippen LogP contribution is 2.51. The van der Waals surface area contributed by atoms with Gasteiger partial charge >= 0.3 is 0 Å². The molecule has 4 nitrogen and oxygen atoms in total. The maximum Gasteiger partial charge on any atom is 0.137 e. The number of hydrogen-bond acceptors (Lipinski definition) is 3. The first-order valence-electron chi connectivity index (χ1n) is 26.5. The summed E-state index contributed by atoms with van der Waals surface area (Å²) in [6.45, 7) is -0.00965. The van der Waals surface area contributed by atoms with Crippen LogP contribution in [-0.4, -0.2) is 16.2 Å². The standard InChI is InChI=1S/C55H40N4/c1-4-18-41(19-5-1)44-36-48(42-20-6-2-7-21-42)55(49(37-44)43-22-8-3-9-23-43)58-38-57(51-27-12-13-28-52(51)58)45-24-16-17-39(34-45)33-40-30-31-47-46-25-10-11-26-50(46)59(53(47)35-40)54-29-14-15-32-56-54/h1-32,34-37H,33,38H2/i1D,2D,3D,4D,5D,6D,7D,8D,9D,18D,19D,20D,21D,22D,23D. The molecule has 0 atom stereocenters. The van der Waals surface area contributed by atoms with E-state index in [9.17, 15) is 5.48 Å². The summed E-state index contributed by atoms with van der Waals surface area (Å²) in [6.07, 6.45) is 2.32. The molecule has 0 bridgehead atoms. The molecular weight excluding hydrogens is 717 g/mol. The Hall–Kier alpha value is -7.69. The van der Waals surface area contributed by atoms with Crippen LogP contribution in [0.25, 0.3) is 61.0 Å². The van der Waals surface area contributed by atoms with E-state index in [1.54, 1.807) is 17.2 Å². The number of benzene rings is 8. The Bertz CT molecular complexity index is 3830. The van der Waals surface area contributed by atoms with Crippen molar-refractivity contribution in [2.45, 2.75) is 6.42 Å². The van der Waals surface area contributed by atoms with E-state index in [0.29, 0.717) is 17.8 Å². The Labute approximate surface area is 365 Å². The van der Waals surface area contributed by atoms with Crippen LogP contribution in [0.15, 0.2) is 218 Å². The SMILES string of the molecule is [2H]c1c([2H])c([2H])c(-c2cc(-c3c([2H])c([2H])c([2H])c([2H])c3[2H])c(N3CN(c4cccc(Cc5ccc6c7ccccc7n(-c7ccccn7)c6c5)c4)c4ccccc43)c(-c3c([2H])c([2H])c([2H])c([2H])c3[2H])c2)c([2H])c1[2H]. The van der Waals surface area contributed by atoms with Gasteiger partial charge in [0.1, 0.15) is 12.5 Å². The minimum absolute atomic E-state index is 0.00965. The lowest BCUT2D eigenvalue weighted by Crippen LogP contribution is -2.25. The summed E-state index contributed by atoms with van der Waals surface area (Å²) in [6, 6.07) is 28.8. The first-order chi connectivity index (χ1) is 35.5. The topological polar surface area (TPSA) is 24.3 Å². The van der Waals surface area contributed by atoms with Gasteiger partial charge in [-0.05, 0) is 100 Å². The predicted molar refractivity (Wildman–Crippen MR) is 246 cm³/mol. The van der Waals surface area contributed by atoms with Gasteiger partial charge in [0.05, 0.1) is 48.7 Å². The van der Waals surface area contributed by atoms with Crippen molar-refractivity contribution in [3.63, 3.8) is 0 Å². The highest BCUT2D eigenvalue weighted by Gasteiger charge is 2.32. The Kier molecular flexibility index (Phi) is 5.55. The summed E-state index contributed by atoms with van der Waals surface area (Å²) in [7, 11) is 0. The molecule has 0 saturated heterocycles. The van der Waals surface area contributed by atoms with Gasteiger partial charge in [0.15, 0.2) is 0 Å². The van der Waals surface area contributed by atoms with Crippen LogP contribution in [0.5, 0.6) is 0 Å². The molecule has 1 aliphatic rings. The molecule has 0 amide bonds. The lowest BCUT2D eigenvalue weighted by molar-refractivity contribution is 0.990. The predicted octanol–water partition coefficient (Wildman–Crippen LogP) is 14.0. The number of pyridine rings is 1. The average Bonchev–Trinajstić information content (AvgIpc) is 3.97. The summed E-state index contributed by atoms with van der Waals surface area (Å²) < 4.78 is 135. The largest absolute Gasteiger partial charge is 0.321 e. The molecule has 280 valence electrons. The first-order valence-corrected chi connectivity index (χ1v) is 19.0. The Morgan fingerprint density at radius 1 is 0.475 bits per heavy atom. The van der Waals surface area contributed by atoms with E-state index in [-0.39, 0.29) is 45.7 Å². The fourth-order valence-corrected chi connectivity index (χ4v) is 8.17. The highest BCUT2D eigenvalue weighted by molar-refractivity contribution is 6.09. The van der Waals surface area contributed by atoms with Crippen LogP contribution < -0.4 is 9.80 Å². The van der Waals surface area contributed by atoms with Crippen LogP contribution >= 0.6 is 0 Å². The van der Waals surface area contributed by atoms with E-state index in [2.05, 4.69) is 45.9 Å². The number of anilines is 4. The summed E-state index contributed by atoms with van der Waals surface area (Å²) >= 11 is 0. The monoisotopic (exact) mass is 771 g/mol. The Morgan fingerprint density at radius 2 is 1.08 bits per heavy atom. The molecule has 2 aromatic heterocycles. The third-order valence-electron chi connectivity index (χ3n) is 10.7. The first kappa shape index (κ1) is 22.3. The molecule has 10 aromatic rings. The lowest BCUT2D eigenvalue weighted by atomic mass is 9.90. The van der Waals surface area contributed by atoms with Crippen molar-refractivity contribution in [3.8, 4) is 39.2 Å². The molecule has 0 spiro atoms. The third kappa shape index (κ3) is 6.23. The quantitative estimate of drug-likeness (QED) is 0.154. The molecule has 11 rings (SSSR count). The molecule has 4 heteroatoms. The van der Waals surface area contributed by atoms with Crippen LogP contribution in [0.4, 0.5) is 22.7 Å². The smallest absolute Gasteiger partial charge is 0.137 e. The zero-order chi connectivity index (χ0) is 52.2. The van der Waals surface area contributed by atoms with Crippen LogP contribution in [0.1, 0.15) is 31.7 Å². The van der Waals surface area contributed by atoms with E-state index in [1.165, 1.54) is 12.1 Å². The maximum absolute atomic E-state index is 9.29. The van der Waals surface area contributed by atoms with Gasteiger partial charge < -0.3 is 9.80 Å². The molecule has 0 unspecified atom stereocenters. The van der Waals surface area contributed by atoms with Gasteiger partial charge in [-0.15, -0.1) is 0 Å². The van der Waals surface area contributed by atoms with Gasteiger partial charge in [-0.1, -0.05) is 151 Å². The molecule has 3 heterocycles. The van der Waals surface area contributed by atoms with Gasteiger partial charge in [-0.25, -0.2) is 4.98 Å². The van der Waals surface area contributed by atoms with Crippen molar-refractivity contribution in [2.24, 2.45) is 0 Å². The number of hydrogen-bond donors (Lipinski definition) is 0. The molecule has 0 saturated carbocycles.